The van der Waals surface area contributed by atoms with E-state index in [4.69, 9.17) is 17.3 Å². The highest BCUT2D eigenvalue weighted by Gasteiger charge is 1.99. The molecule has 0 amide bonds. The van der Waals surface area contributed by atoms with Crippen molar-refractivity contribution in [2.24, 2.45) is 10.7 Å². The molecule has 92 valence electrons. The van der Waals surface area contributed by atoms with Gasteiger partial charge in [0.2, 0.25) is 0 Å². The molecule has 1 heterocycles. The number of amidine groups is 1. The number of pyridine rings is 1. The Morgan fingerprint density at radius 2 is 1.94 bits per heavy atom. The summed E-state index contributed by atoms with van der Waals surface area (Å²) < 4.78 is 0. The van der Waals surface area contributed by atoms with E-state index < -0.39 is 0 Å². The van der Waals surface area contributed by atoms with E-state index in [0.29, 0.717) is 5.84 Å². The van der Waals surface area contributed by atoms with Crippen molar-refractivity contribution in [1.82, 2.24) is 4.98 Å². The minimum atomic E-state index is 0.237. The van der Waals surface area contributed by atoms with Crippen LogP contribution in [-0.2, 0) is 0 Å². The Morgan fingerprint density at radius 1 is 1.22 bits per heavy atom. The molecule has 0 aliphatic heterocycles. The van der Waals surface area contributed by atoms with Gasteiger partial charge in [0.25, 0.3) is 0 Å². The summed E-state index contributed by atoms with van der Waals surface area (Å²) in [7, 11) is 0. The molecule has 0 saturated heterocycles. The van der Waals surface area contributed by atoms with E-state index in [1.807, 2.05) is 49.5 Å². The van der Waals surface area contributed by atoms with Crippen LogP contribution < -0.4 is 5.73 Å². The van der Waals surface area contributed by atoms with Gasteiger partial charge in [0.15, 0.2) is 0 Å². The van der Waals surface area contributed by atoms with Gasteiger partial charge in [0.05, 0.1) is 17.3 Å². The molecule has 0 bridgehead atoms. The number of aliphatic imine (C=N–C) groups is 1. The number of rotatable bonds is 3. The van der Waals surface area contributed by atoms with Crippen LogP contribution in [-0.4, -0.2) is 16.7 Å². The fourth-order valence-electron chi connectivity index (χ4n) is 1.54. The van der Waals surface area contributed by atoms with Crippen LogP contribution >= 0.6 is 11.6 Å². The lowest BCUT2D eigenvalue weighted by Crippen LogP contribution is -2.12. The van der Waals surface area contributed by atoms with Gasteiger partial charge in [-0.15, -0.1) is 11.6 Å². The zero-order chi connectivity index (χ0) is 13.0. The molecule has 0 fully saturated rings. The quantitative estimate of drug-likeness (QED) is 0.522. The van der Waals surface area contributed by atoms with E-state index in [1.165, 1.54) is 0 Å². The lowest BCUT2D eigenvalue weighted by Gasteiger charge is -2.02. The number of hydrogen-bond donors (Lipinski definition) is 1. The van der Waals surface area contributed by atoms with Crippen LogP contribution in [0.1, 0.15) is 5.56 Å². The molecule has 0 aliphatic rings. The zero-order valence-corrected chi connectivity index (χ0v) is 10.9. The van der Waals surface area contributed by atoms with Crippen molar-refractivity contribution >= 4 is 23.1 Å². The summed E-state index contributed by atoms with van der Waals surface area (Å²) in [5, 5.41) is 0. The number of halogens is 1. The number of alkyl halides is 1. The molecule has 1 aromatic heterocycles. The summed E-state index contributed by atoms with van der Waals surface area (Å²) in [6, 6.07) is 11.8. The maximum atomic E-state index is 5.58. The molecule has 0 radical (unpaired) electrons. The van der Waals surface area contributed by atoms with E-state index >= 15 is 0 Å². The number of nitrogens with two attached hydrogens (primary N) is 1. The predicted octanol–water partition coefficient (Wildman–Crippen LogP) is 3.28. The average molecular weight is 260 g/mol. The molecule has 3 nitrogen and oxygen atoms in total. The van der Waals surface area contributed by atoms with Crippen LogP contribution in [0.4, 0.5) is 5.69 Å². The highest BCUT2D eigenvalue weighted by atomic mass is 35.5. The van der Waals surface area contributed by atoms with Gasteiger partial charge < -0.3 is 5.73 Å². The summed E-state index contributed by atoms with van der Waals surface area (Å²) in [4.78, 5) is 8.54. The van der Waals surface area contributed by atoms with Gasteiger partial charge in [0, 0.05) is 11.8 Å². The van der Waals surface area contributed by atoms with Crippen LogP contribution in [0, 0.1) is 6.92 Å². The van der Waals surface area contributed by atoms with Crippen molar-refractivity contribution in [2.45, 2.75) is 6.92 Å². The molecule has 18 heavy (non-hydrogen) atoms. The molecule has 2 N–H and O–H groups in total. The smallest absolute Gasteiger partial charge is 0.115 e. The van der Waals surface area contributed by atoms with Crippen LogP contribution in [0.25, 0.3) is 11.3 Å². The first-order valence-electron chi connectivity index (χ1n) is 5.61. The molecule has 4 heteroatoms. The normalized spacial score (nSPS) is 11.6. The molecule has 2 aromatic rings. The Morgan fingerprint density at radius 3 is 2.50 bits per heavy atom. The highest BCUT2D eigenvalue weighted by Crippen LogP contribution is 2.21. The van der Waals surface area contributed by atoms with E-state index in [-0.39, 0.29) is 5.88 Å². The maximum absolute atomic E-state index is 5.58. The van der Waals surface area contributed by atoms with Crippen molar-refractivity contribution in [3.63, 3.8) is 0 Å². The number of aromatic nitrogens is 1. The first-order chi connectivity index (χ1) is 8.69. The monoisotopic (exact) mass is 259 g/mol. The molecule has 0 spiro atoms. The minimum Gasteiger partial charge on any atom is -0.386 e. The highest BCUT2D eigenvalue weighted by molar-refractivity contribution is 6.28. The summed E-state index contributed by atoms with van der Waals surface area (Å²) in [5.41, 5.74) is 9.52. The summed E-state index contributed by atoms with van der Waals surface area (Å²) >= 11 is 5.58. The van der Waals surface area contributed by atoms with Crippen LogP contribution in [0.15, 0.2) is 47.6 Å². The van der Waals surface area contributed by atoms with Gasteiger partial charge in [-0.1, -0.05) is 18.2 Å². The zero-order valence-electron chi connectivity index (χ0n) is 10.1. The number of benzene rings is 1. The predicted molar refractivity (Wildman–Crippen MR) is 76.4 cm³/mol. The summed E-state index contributed by atoms with van der Waals surface area (Å²) in [6.45, 7) is 2.02. The molecular weight excluding hydrogens is 246 g/mol. The van der Waals surface area contributed by atoms with Gasteiger partial charge in [-0.3, -0.25) is 4.98 Å². The molecular formula is C14H14ClN3. The van der Waals surface area contributed by atoms with Crippen molar-refractivity contribution in [3.05, 3.63) is 48.2 Å². The molecule has 0 saturated carbocycles. The Labute approximate surface area is 111 Å². The van der Waals surface area contributed by atoms with Gasteiger partial charge in [0.1, 0.15) is 5.84 Å². The van der Waals surface area contributed by atoms with Crippen molar-refractivity contribution < 1.29 is 0 Å². The Balaban J connectivity index is 2.25. The van der Waals surface area contributed by atoms with Crippen LogP contribution in [0.5, 0.6) is 0 Å². The summed E-state index contributed by atoms with van der Waals surface area (Å²) in [6.07, 6.45) is 1.85. The van der Waals surface area contributed by atoms with Crippen LogP contribution in [0.2, 0.25) is 0 Å². The van der Waals surface area contributed by atoms with Gasteiger partial charge in [-0.05, 0) is 30.7 Å². The second kappa shape index (κ2) is 5.65. The van der Waals surface area contributed by atoms with E-state index in [0.717, 1.165) is 22.5 Å². The lowest BCUT2D eigenvalue weighted by atomic mass is 10.1. The molecule has 0 unspecified atom stereocenters. The fourth-order valence-corrected chi connectivity index (χ4v) is 1.60. The number of aryl methyl sites for hydroxylation is 1. The van der Waals surface area contributed by atoms with E-state index in [2.05, 4.69) is 9.98 Å². The molecule has 1 aromatic carbocycles. The molecule has 0 atom stereocenters. The van der Waals surface area contributed by atoms with Gasteiger partial charge in [-0.2, -0.15) is 0 Å². The Kier molecular flexibility index (Phi) is 3.95. The third-order valence-electron chi connectivity index (χ3n) is 2.48. The fraction of sp³-hybridized carbons (Fsp3) is 0.143. The number of hydrogen-bond acceptors (Lipinski definition) is 2. The third-order valence-corrected chi connectivity index (χ3v) is 2.76. The Bertz CT molecular complexity index is 544. The van der Waals surface area contributed by atoms with Crippen LogP contribution in [0.3, 0.4) is 0 Å². The molecule has 0 aliphatic carbocycles. The largest absolute Gasteiger partial charge is 0.386 e. The SMILES string of the molecule is Cc1ccc(-c2ccc(N=C(N)CCl)cc2)nc1. The third kappa shape index (κ3) is 3.08. The first kappa shape index (κ1) is 12.6. The lowest BCUT2D eigenvalue weighted by molar-refractivity contribution is 1.27. The second-order valence-electron chi connectivity index (χ2n) is 4.00. The van der Waals surface area contributed by atoms with Crippen molar-refractivity contribution in [3.8, 4) is 11.3 Å². The second-order valence-corrected chi connectivity index (χ2v) is 4.27. The summed E-state index contributed by atoms with van der Waals surface area (Å²) in [5.74, 6) is 0.652. The van der Waals surface area contributed by atoms with E-state index in [1.54, 1.807) is 0 Å². The van der Waals surface area contributed by atoms with Crippen molar-refractivity contribution in [2.75, 3.05) is 5.88 Å². The topological polar surface area (TPSA) is 51.3 Å². The van der Waals surface area contributed by atoms with Gasteiger partial charge >= 0.3 is 0 Å². The maximum Gasteiger partial charge on any atom is 0.115 e. The van der Waals surface area contributed by atoms with Gasteiger partial charge in [-0.25, -0.2) is 4.99 Å². The minimum absolute atomic E-state index is 0.237. The first-order valence-corrected chi connectivity index (χ1v) is 6.14. The Hall–Kier alpha value is -1.87. The number of nitrogens with zero attached hydrogens (tertiary/aromatic N) is 2. The molecule has 2 rings (SSSR count). The standard InChI is InChI=1S/C14H14ClN3/c1-10-2-7-13(17-9-10)11-3-5-12(6-4-11)18-14(16)8-15/h2-7,9H,8H2,1H3,(H2,16,18). The van der Waals surface area contributed by atoms with E-state index in [9.17, 15) is 0 Å². The average Bonchev–Trinajstić information content (AvgIpc) is 2.40. The van der Waals surface area contributed by atoms with Crippen molar-refractivity contribution in [1.29, 1.82) is 0 Å².